The number of hydrogen-bond acceptors (Lipinski definition) is 3. The molecule has 0 bridgehead atoms. The first-order valence-corrected chi connectivity index (χ1v) is 10.2. The summed E-state index contributed by atoms with van der Waals surface area (Å²) in [4.78, 5) is 29.6. The molecule has 31 heavy (non-hydrogen) atoms. The molecule has 0 unspecified atom stereocenters. The summed E-state index contributed by atoms with van der Waals surface area (Å²) < 4.78 is 1.89. The van der Waals surface area contributed by atoms with Gasteiger partial charge in [0.25, 0.3) is 0 Å². The number of aromatic nitrogens is 2. The summed E-state index contributed by atoms with van der Waals surface area (Å²) in [5, 5.41) is 5.92. The first-order chi connectivity index (χ1) is 15.0. The fourth-order valence-electron chi connectivity index (χ4n) is 3.67. The van der Waals surface area contributed by atoms with Crippen molar-refractivity contribution in [1.82, 2.24) is 14.7 Å². The molecule has 156 valence electrons. The van der Waals surface area contributed by atoms with Crippen LogP contribution in [0.4, 0.5) is 5.82 Å². The highest BCUT2D eigenvalue weighted by molar-refractivity contribution is 5.95. The van der Waals surface area contributed by atoms with Crippen LogP contribution in [-0.2, 0) is 9.59 Å². The Morgan fingerprint density at radius 1 is 0.968 bits per heavy atom. The number of aryl methyl sites for hydroxylation is 1. The zero-order valence-corrected chi connectivity index (χ0v) is 17.5. The maximum atomic E-state index is 13.1. The van der Waals surface area contributed by atoms with Crippen molar-refractivity contribution in [2.75, 3.05) is 5.32 Å². The molecular weight excluding hydrogens is 388 g/mol. The van der Waals surface area contributed by atoms with Crippen molar-refractivity contribution in [3.05, 3.63) is 90.1 Å². The molecule has 0 fully saturated rings. The Morgan fingerprint density at radius 3 is 2.32 bits per heavy atom. The van der Waals surface area contributed by atoms with E-state index in [0.717, 1.165) is 22.3 Å². The molecule has 4 aromatic rings. The van der Waals surface area contributed by atoms with Gasteiger partial charge in [0.05, 0.1) is 12.5 Å². The Balaban J connectivity index is 1.68. The monoisotopic (exact) mass is 412 g/mol. The van der Waals surface area contributed by atoms with Gasteiger partial charge in [-0.3, -0.25) is 14.0 Å². The van der Waals surface area contributed by atoms with E-state index >= 15 is 0 Å². The van der Waals surface area contributed by atoms with E-state index in [1.807, 2.05) is 90.3 Å². The molecule has 0 saturated carbocycles. The fourth-order valence-corrected chi connectivity index (χ4v) is 3.67. The van der Waals surface area contributed by atoms with Gasteiger partial charge in [-0.2, -0.15) is 0 Å². The summed E-state index contributed by atoms with van der Waals surface area (Å²) in [6, 6.07) is 22.8. The Morgan fingerprint density at radius 2 is 1.65 bits per heavy atom. The SMILES string of the molecule is CC(=O)N[C@H](CC(=O)Nc1c(-c2ccccc2)nc2c(C)cccn12)c1ccccc1. The molecule has 0 aliphatic heterocycles. The standard InChI is InChI=1S/C25H24N4O2/c1-17-10-9-15-29-24(17)28-23(20-13-7-4-8-14-20)25(29)27-22(31)16-21(26-18(2)30)19-11-5-3-6-12-19/h3-15,21H,16H2,1-2H3,(H,26,30)(H,27,31)/t21-/m1/s1. The average Bonchev–Trinajstić information content (AvgIpc) is 3.14. The van der Waals surface area contributed by atoms with Crippen molar-refractivity contribution in [1.29, 1.82) is 0 Å². The summed E-state index contributed by atoms with van der Waals surface area (Å²) in [5.41, 5.74) is 4.31. The Hall–Kier alpha value is -3.93. The van der Waals surface area contributed by atoms with Crippen molar-refractivity contribution in [3.8, 4) is 11.3 Å². The molecule has 0 saturated heterocycles. The van der Waals surface area contributed by atoms with Crippen LogP contribution in [0, 0.1) is 6.92 Å². The van der Waals surface area contributed by atoms with Crippen molar-refractivity contribution >= 4 is 23.3 Å². The van der Waals surface area contributed by atoms with Gasteiger partial charge in [-0.25, -0.2) is 4.98 Å². The van der Waals surface area contributed by atoms with E-state index in [9.17, 15) is 9.59 Å². The zero-order chi connectivity index (χ0) is 21.8. The van der Waals surface area contributed by atoms with Crippen LogP contribution in [0.2, 0.25) is 0 Å². The second kappa shape index (κ2) is 8.83. The van der Waals surface area contributed by atoms with E-state index in [1.165, 1.54) is 6.92 Å². The van der Waals surface area contributed by atoms with Gasteiger partial charge in [0, 0.05) is 18.7 Å². The molecule has 1 atom stereocenters. The highest BCUT2D eigenvalue weighted by Gasteiger charge is 2.21. The lowest BCUT2D eigenvalue weighted by atomic mass is 10.0. The first kappa shape index (κ1) is 20.3. The second-order valence-corrected chi connectivity index (χ2v) is 7.48. The smallest absolute Gasteiger partial charge is 0.227 e. The number of nitrogens with one attached hydrogen (secondary N) is 2. The minimum Gasteiger partial charge on any atom is -0.349 e. The topological polar surface area (TPSA) is 75.5 Å². The molecule has 2 aromatic carbocycles. The van der Waals surface area contributed by atoms with E-state index in [1.54, 1.807) is 0 Å². The van der Waals surface area contributed by atoms with Crippen LogP contribution in [0.1, 0.15) is 30.5 Å². The number of benzene rings is 2. The minimum absolute atomic E-state index is 0.108. The molecule has 6 nitrogen and oxygen atoms in total. The van der Waals surface area contributed by atoms with Gasteiger partial charge in [-0.05, 0) is 24.1 Å². The predicted molar refractivity (Wildman–Crippen MR) is 122 cm³/mol. The van der Waals surface area contributed by atoms with Crippen molar-refractivity contribution in [3.63, 3.8) is 0 Å². The zero-order valence-electron chi connectivity index (χ0n) is 17.5. The molecule has 2 amide bonds. The molecule has 0 spiro atoms. The normalized spacial score (nSPS) is 11.8. The summed E-state index contributed by atoms with van der Waals surface area (Å²) in [6.45, 7) is 3.44. The number of amides is 2. The van der Waals surface area contributed by atoms with Crippen LogP contribution >= 0.6 is 0 Å². The molecule has 0 radical (unpaired) electrons. The van der Waals surface area contributed by atoms with Crippen LogP contribution < -0.4 is 10.6 Å². The average molecular weight is 412 g/mol. The number of hydrogen-bond donors (Lipinski definition) is 2. The molecule has 2 N–H and O–H groups in total. The third kappa shape index (κ3) is 4.48. The van der Waals surface area contributed by atoms with E-state index in [2.05, 4.69) is 10.6 Å². The Bertz CT molecular complexity index is 1220. The van der Waals surface area contributed by atoms with Crippen LogP contribution in [0.15, 0.2) is 79.0 Å². The third-order valence-corrected chi connectivity index (χ3v) is 5.12. The lowest BCUT2D eigenvalue weighted by molar-refractivity contribution is -0.120. The predicted octanol–water partition coefficient (Wildman–Crippen LogP) is 4.52. The summed E-state index contributed by atoms with van der Waals surface area (Å²) in [7, 11) is 0. The van der Waals surface area contributed by atoms with E-state index < -0.39 is 6.04 Å². The van der Waals surface area contributed by atoms with Crippen molar-refractivity contribution < 1.29 is 9.59 Å². The first-order valence-electron chi connectivity index (χ1n) is 10.2. The van der Waals surface area contributed by atoms with Gasteiger partial charge in [-0.15, -0.1) is 0 Å². The molecule has 4 rings (SSSR count). The van der Waals surface area contributed by atoms with Gasteiger partial charge < -0.3 is 10.6 Å². The van der Waals surface area contributed by atoms with Gasteiger partial charge in [-0.1, -0.05) is 66.7 Å². The minimum atomic E-state index is -0.417. The second-order valence-electron chi connectivity index (χ2n) is 7.48. The van der Waals surface area contributed by atoms with Gasteiger partial charge in [0.1, 0.15) is 17.2 Å². The lowest BCUT2D eigenvalue weighted by Gasteiger charge is -2.18. The summed E-state index contributed by atoms with van der Waals surface area (Å²) >= 11 is 0. The molecule has 6 heteroatoms. The summed E-state index contributed by atoms with van der Waals surface area (Å²) in [5.74, 6) is 0.227. The number of carbonyl (C=O) groups excluding carboxylic acids is 2. The maximum Gasteiger partial charge on any atom is 0.227 e. The molecule has 0 aliphatic carbocycles. The number of pyridine rings is 1. The molecule has 2 aromatic heterocycles. The number of rotatable bonds is 6. The summed E-state index contributed by atoms with van der Waals surface area (Å²) in [6.07, 6.45) is 2.00. The van der Waals surface area contributed by atoms with E-state index in [0.29, 0.717) is 11.5 Å². The van der Waals surface area contributed by atoms with Crippen LogP contribution in [-0.4, -0.2) is 21.2 Å². The van der Waals surface area contributed by atoms with Crippen molar-refractivity contribution in [2.45, 2.75) is 26.3 Å². The molecular formula is C25H24N4O2. The number of fused-ring (bicyclic) bond motifs is 1. The van der Waals surface area contributed by atoms with Crippen LogP contribution in [0.5, 0.6) is 0 Å². The maximum absolute atomic E-state index is 13.1. The Kier molecular flexibility index (Phi) is 5.80. The largest absolute Gasteiger partial charge is 0.349 e. The number of nitrogens with zero attached hydrogens (tertiary/aromatic N) is 2. The van der Waals surface area contributed by atoms with Crippen LogP contribution in [0.3, 0.4) is 0 Å². The van der Waals surface area contributed by atoms with Crippen LogP contribution in [0.25, 0.3) is 16.9 Å². The highest BCUT2D eigenvalue weighted by Crippen LogP contribution is 2.30. The highest BCUT2D eigenvalue weighted by atomic mass is 16.2. The number of carbonyl (C=O) groups is 2. The number of anilines is 1. The fraction of sp³-hybridized carbons (Fsp3) is 0.160. The lowest BCUT2D eigenvalue weighted by Crippen LogP contribution is -2.30. The van der Waals surface area contributed by atoms with E-state index in [4.69, 9.17) is 4.98 Å². The van der Waals surface area contributed by atoms with Gasteiger partial charge >= 0.3 is 0 Å². The van der Waals surface area contributed by atoms with Gasteiger partial charge in [0.15, 0.2) is 0 Å². The molecule has 0 aliphatic rings. The van der Waals surface area contributed by atoms with Gasteiger partial charge in [0.2, 0.25) is 11.8 Å². The quantitative estimate of drug-likeness (QED) is 0.489. The third-order valence-electron chi connectivity index (χ3n) is 5.12. The Labute approximate surface area is 180 Å². The molecule has 2 heterocycles. The number of imidazole rings is 1. The van der Waals surface area contributed by atoms with E-state index in [-0.39, 0.29) is 18.2 Å². The van der Waals surface area contributed by atoms with Crippen molar-refractivity contribution in [2.24, 2.45) is 0 Å².